The summed E-state index contributed by atoms with van der Waals surface area (Å²) in [6.45, 7) is 12.2. The van der Waals surface area contributed by atoms with Gasteiger partial charge >= 0.3 is 0 Å². The van der Waals surface area contributed by atoms with E-state index in [2.05, 4.69) is 38.0 Å². The topological polar surface area (TPSA) is 79.3 Å². The maximum atomic E-state index is 13.1. The minimum Gasteiger partial charge on any atom is -0.312 e. The molecular weight excluding hydrogens is 532 g/mol. The van der Waals surface area contributed by atoms with E-state index >= 15 is 0 Å². The van der Waals surface area contributed by atoms with Crippen LogP contribution in [-0.2, 0) is 17.8 Å². The summed E-state index contributed by atoms with van der Waals surface area (Å²) < 4.78 is 28.1. The summed E-state index contributed by atoms with van der Waals surface area (Å²) >= 11 is 0.752. The molecule has 208 valence electrons. The fourth-order valence-electron chi connectivity index (χ4n) is 4.76. The minimum atomic E-state index is -2.64. The van der Waals surface area contributed by atoms with E-state index in [1.165, 1.54) is 18.2 Å². The van der Waals surface area contributed by atoms with E-state index in [-0.39, 0.29) is 27.0 Å². The molecule has 5 rings (SSSR count). The van der Waals surface area contributed by atoms with Crippen LogP contribution in [0.15, 0.2) is 61.2 Å². The standard InChI is InChI=1S/C30H31F2N5O2S/c1-5-26(38)36-13-12-19-7-8-20(15-23(19)36)37-22-9-6-18(16-33-17-30(2,3)4)14-21(22)34-29(37)35-28(39)25-11-10-24(40-25)27(31)32/h5-11,14-15,27,33H,1,12-13,16-17H2,2-4H3,(H,34,35,39). The second-order valence-electron chi connectivity index (χ2n) is 11.0. The fourth-order valence-corrected chi connectivity index (χ4v) is 5.52. The summed E-state index contributed by atoms with van der Waals surface area (Å²) in [6.07, 6.45) is -0.613. The lowest BCUT2D eigenvalue weighted by Crippen LogP contribution is -2.26. The highest BCUT2D eigenvalue weighted by atomic mass is 32.1. The van der Waals surface area contributed by atoms with Crippen molar-refractivity contribution in [2.75, 3.05) is 23.3 Å². The van der Waals surface area contributed by atoms with Gasteiger partial charge in [-0.3, -0.25) is 19.5 Å². The number of nitrogens with zero attached hydrogens (tertiary/aromatic N) is 3. The van der Waals surface area contributed by atoms with Gasteiger partial charge in [-0.15, -0.1) is 11.3 Å². The van der Waals surface area contributed by atoms with E-state index in [1.54, 1.807) is 4.90 Å². The van der Waals surface area contributed by atoms with E-state index in [0.717, 1.165) is 46.6 Å². The van der Waals surface area contributed by atoms with Crippen LogP contribution in [-0.4, -0.2) is 34.5 Å². The molecule has 0 atom stereocenters. The Morgan fingerprint density at radius 3 is 2.65 bits per heavy atom. The van der Waals surface area contributed by atoms with Crippen LogP contribution < -0.4 is 15.5 Å². The van der Waals surface area contributed by atoms with Crippen molar-refractivity contribution in [3.63, 3.8) is 0 Å². The molecule has 0 aliphatic carbocycles. The quantitative estimate of drug-likeness (QED) is 0.240. The molecule has 0 saturated carbocycles. The van der Waals surface area contributed by atoms with Gasteiger partial charge in [0.05, 0.1) is 26.5 Å². The molecule has 4 aromatic rings. The van der Waals surface area contributed by atoms with Crippen LogP contribution in [0.3, 0.4) is 0 Å². The summed E-state index contributed by atoms with van der Waals surface area (Å²) in [5.74, 6) is -0.448. The first kappa shape index (κ1) is 27.7. The van der Waals surface area contributed by atoms with Gasteiger partial charge in [-0.05, 0) is 65.4 Å². The summed E-state index contributed by atoms with van der Waals surface area (Å²) in [4.78, 5) is 32.0. The van der Waals surface area contributed by atoms with Crippen molar-refractivity contribution in [2.45, 2.75) is 40.2 Å². The highest BCUT2D eigenvalue weighted by Crippen LogP contribution is 2.34. The maximum absolute atomic E-state index is 13.1. The fraction of sp³-hybridized carbons (Fsp3) is 0.300. The molecule has 40 heavy (non-hydrogen) atoms. The van der Waals surface area contributed by atoms with Crippen molar-refractivity contribution < 1.29 is 18.4 Å². The van der Waals surface area contributed by atoms with Gasteiger partial charge in [0.2, 0.25) is 11.9 Å². The first-order valence-electron chi connectivity index (χ1n) is 13.0. The Kier molecular flexibility index (Phi) is 7.57. The number of aromatic nitrogens is 2. The zero-order valence-corrected chi connectivity index (χ0v) is 23.4. The van der Waals surface area contributed by atoms with E-state index in [4.69, 9.17) is 4.98 Å². The Morgan fingerprint density at radius 1 is 1.15 bits per heavy atom. The first-order valence-corrected chi connectivity index (χ1v) is 13.8. The molecule has 2 aromatic carbocycles. The normalized spacial score (nSPS) is 13.2. The predicted molar refractivity (Wildman–Crippen MR) is 156 cm³/mol. The minimum absolute atomic E-state index is 0.142. The average Bonchev–Trinajstić information content (AvgIpc) is 3.63. The molecule has 0 spiro atoms. The number of nitrogens with one attached hydrogen (secondary N) is 2. The summed E-state index contributed by atoms with van der Waals surface area (Å²) in [5, 5.41) is 6.29. The van der Waals surface area contributed by atoms with Gasteiger partial charge in [0.25, 0.3) is 12.3 Å². The summed E-state index contributed by atoms with van der Waals surface area (Å²) in [5.41, 5.74) is 5.14. The van der Waals surface area contributed by atoms with Gasteiger partial charge < -0.3 is 10.2 Å². The molecule has 2 aromatic heterocycles. The molecule has 2 amide bonds. The number of halogens is 2. The van der Waals surface area contributed by atoms with Gasteiger partial charge in [0, 0.05) is 25.3 Å². The van der Waals surface area contributed by atoms with Crippen molar-refractivity contribution >= 4 is 45.8 Å². The average molecular weight is 564 g/mol. The van der Waals surface area contributed by atoms with E-state index < -0.39 is 12.3 Å². The second-order valence-corrected chi connectivity index (χ2v) is 12.1. The molecule has 10 heteroatoms. The molecule has 0 radical (unpaired) electrons. The third kappa shape index (κ3) is 5.68. The highest BCUT2D eigenvalue weighted by Gasteiger charge is 2.25. The van der Waals surface area contributed by atoms with Crippen LogP contribution in [0.25, 0.3) is 16.7 Å². The third-order valence-corrected chi connectivity index (χ3v) is 7.75. The molecule has 0 saturated heterocycles. The van der Waals surface area contributed by atoms with E-state index in [1.807, 2.05) is 41.0 Å². The Labute approximate surface area is 235 Å². The molecule has 7 nitrogen and oxygen atoms in total. The van der Waals surface area contributed by atoms with Crippen LogP contribution in [0.2, 0.25) is 0 Å². The zero-order valence-electron chi connectivity index (χ0n) is 22.6. The SMILES string of the molecule is C=CC(=O)N1CCc2ccc(-n3c(NC(=O)c4ccc(C(F)F)s4)nc4cc(CNCC(C)(C)C)ccc43)cc21. The maximum Gasteiger partial charge on any atom is 0.272 e. The lowest BCUT2D eigenvalue weighted by atomic mass is 9.97. The van der Waals surface area contributed by atoms with Crippen LogP contribution in [0.4, 0.5) is 20.4 Å². The van der Waals surface area contributed by atoms with Gasteiger partial charge in [-0.25, -0.2) is 13.8 Å². The molecule has 0 unspecified atom stereocenters. The number of alkyl halides is 2. The number of rotatable bonds is 8. The molecule has 3 heterocycles. The third-order valence-electron chi connectivity index (χ3n) is 6.66. The van der Waals surface area contributed by atoms with Gasteiger partial charge in [-0.2, -0.15) is 0 Å². The van der Waals surface area contributed by atoms with E-state index in [9.17, 15) is 18.4 Å². The first-order chi connectivity index (χ1) is 19.0. The van der Waals surface area contributed by atoms with Crippen molar-refractivity contribution in [1.82, 2.24) is 14.9 Å². The van der Waals surface area contributed by atoms with Gasteiger partial charge in [-0.1, -0.05) is 39.5 Å². The number of fused-ring (bicyclic) bond motifs is 2. The second kappa shape index (κ2) is 10.9. The van der Waals surface area contributed by atoms with Gasteiger partial charge in [0.1, 0.15) is 0 Å². The van der Waals surface area contributed by atoms with Crippen molar-refractivity contribution in [3.8, 4) is 5.69 Å². The van der Waals surface area contributed by atoms with E-state index in [0.29, 0.717) is 24.3 Å². The molecule has 1 aliphatic heterocycles. The zero-order chi connectivity index (χ0) is 28.6. The number of amides is 2. The lowest BCUT2D eigenvalue weighted by molar-refractivity contribution is -0.114. The summed E-state index contributed by atoms with van der Waals surface area (Å²) in [7, 11) is 0. The number of hydrogen-bond donors (Lipinski definition) is 2. The van der Waals surface area contributed by atoms with Crippen molar-refractivity contribution in [3.05, 3.63) is 82.1 Å². The summed E-state index contributed by atoms with van der Waals surface area (Å²) in [6, 6.07) is 14.4. The molecule has 1 aliphatic rings. The Bertz CT molecular complexity index is 1600. The lowest BCUT2D eigenvalue weighted by Gasteiger charge is -2.18. The van der Waals surface area contributed by atoms with Crippen LogP contribution in [0, 0.1) is 5.41 Å². The largest absolute Gasteiger partial charge is 0.312 e. The smallest absolute Gasteiger partial charge is 0.272 e. The number of thiophene rings is 1. The monoisotopic (exact) mass is 563 g/mol. The van der Waals surface area contributed by atoms with Crippen LogP contribution in [0.5, 0.6) is 0 Å². The van der Waals surface area contributed by atoms with Crippen molar-refractivity contribution in [1.29, 1.82) is 0 Å². The number of imidazole rings is 1. The number of carbonyl (C=O) groups is 2. The predicted octanol–water partition coefficient (Wildman–Crippen LogP) is 6.49. The van der Waals surface area contributed by atoms with Crippen LogP contribution >= 0.6 is 11.3 Å². The number of benzene rings is 2. The molecular formula is C30H31F2N5O2S. The number of hydrogen-bond acceptors (Lipinski definition) is 5. The molecule has 2 N–H and O–H groups in total. The Hall–Kier alpha value is -3.89. The highest BCUT2D eigenvalue weighted by molar-refractivity contribution is 7.14. The Morgan fingerprint density at radius 2 is 1.95 bits per heavy atom. The van der Waals surface area contributed by atoms with Gasteiger partial charge in [0.15, 0.2) is 0 Å². The van der Waals surface area contributed by atoms with Crippen LogP contribution in [0.1, 0.15) is 52.9 Å². The Balaban J connectivity index is 1.55. The number of anilines is 2. The molecule has 0 fully saturated rings. The number of carbonyl (C=O) groups excluding carboxylic acids is 2. The van der Waals surface area contributed by atoms with Crippen molar-refractivity contribution in [2.24, 2.45) is 5.41 Å². The molecule has 0 bridgehead atoms.